The molecule has 2 aliphatic rings. The maximum absolute atomic E-state index is 12.9. The van der Waals surface area contributed by atoms with Crippen LogP contribution in [0.1, 0.15) is 36.1 Å². The smallest absolute Gasteiger partial charge is 0.227 e. The zero-order valence-corrected chi connectivity index (χ0v) is 16.8. The zero-order chi connectivity index (χ0) is 20.4. The highest BCUT2D eigenvalue weighted by Gasteiger charge is 2.49. The molecule has 0 aliphatic carbocycles. The monoisotopic (exact) mass is 392 g/mol. The minimum Gasteiger partial charge on any atom is -0.392 e. The second kappa shape index (κ2) is 8.37. The number of carbonyl (C=O) groups excluding carboxylic acids is 2. The highest BCUT2D eigenvalue weighted by atomic mass is 16.3. The number of aliphatic hydroxyl groups excluding tert-OH is 1. The van der Waals surface area contributed by atoms with E-state index in [4.69, 9.17) is 5.11 Å². The molecule has 0 saturated carbocycles. The van der Waals surface area contributed by atoms with Crippen LogP contribution >= 0.6 is 0 Å². The molecular weight excluding hydrogens is 364 g/mol. The Kier molecular flexibility index (Phi) is 5.67. The van der Waals surface area contributed by atoms with Gasteiger partial charge < -0.3 is 14.9 Å². The number of amides is 2. The van der Waals surface area contributed by atoms with E-state index in [0.29, 0.717) is 25.3 Å². The molecule has 0 radical (unpaired) electrons. The normalized spacial score (nSPS) is 23.3. The minimum absolute atomic E-state index is 0.0115. The van der Waals surface area contributed by atoms with E-state index in [1.54, 1.807) is 0 Å². The summed E-state index contributed by atoms with van der Waals surface area (Å²) in [6.45, 7) is 4.07. The van der Waals surface area contributed by atoms with Crippen molar-refractivity contribution in [3.8, 4) is 0 Å². The van der Waals surface area contributed by atoms with Gasteiger partial charge in [-0.3, -0.25) is 9.59 Å². The quantitative estimate of drug-likeness (QED) is 0.851. The number of nitrogens with zero attached hydrogens (tertiary/aromatic N) is 2. The lowest BCUT2D eigenvalue weighted by atomic mass is 9.89. The Morgan fingerprint density at radius 3 is 2.28 bits per heavy atom. The Bertz CT molecular complexity index is 865. The Morgan fingerprint density at radius 1 is 0.931 bits per heavy atom. The summed E-state index contributed by atoms with van der Waals surface area (Å²) in [4.78, 5) is 29.5. The van der Waals surface area contributed by atoms with Gasteiger partial charge in [0.1, 0.15) is 0 Å². The molecule has 1 N–H and O–H groups in total. The number of hydrogen-bond acceptors (Lipinski definition) is 3. The average Bonchev–Trinajstić information content (AvgIpc) is 3.32. The molecule has 2 aromatic carbocycles. The van der Waals surface area contributed by atoms with Crippen LogP contribution in [0.4, 0.5) is 0 Å². The SMILES string of the molecule is CCC(=O)N1C[C@@H]2CN(C(=O)Cc3ccc(CO)cc3)C[C@@H]2[C@H]1c1ccccc1. The van der Waals surface area contributed by atoms with Gasteiger partial charge in [-0.15, -0.1) is 0 Å². The van der Waals surface area contributed by atoms with Gasteiger partial charge >= 0.3 is 0 Å². The van der Waals surface area contributed by atoms with Crippen molar-refractivity contribution in [1.82, 2.24) is 9.80 Å². The molecule has 2 aromatic rings. The Hall–Kier alpha value is -2.66. The van der Waals surface area contributed by atoms with Crippen molar-refractivity contribution in [2.45, 2.75) is 32.4 Å². The van der Waals surface area contributed by atoms with E-state index in [1.807, 2.05) is 59.2 Å². The van der Waals surface area contributed by atoms with Crippen molar-refractivity contribution >= 4 is 11.8 Å². The lowest BCUT2D eigenvalue weighted by Gasteiger charge is -2.30. The van der Waals surface area contributed by atoms with Crippen LogP contribution in [-0.4, -0.2) is 46.4 Å². The predicted molar refractivity (Wildman–Crippen MR) is 111 cm³/mol. The van der Waals surface area contributed by atoms with Crippen LogP contribution in [0.2, 0.25) is 0 Å². The second-order valence-electron chi connectivity index (χ2n) is 8.13. The fourth-order valence-corrected chi connectivity index (χ4v) is 4.83. The summed E-state index contributed by atoms with van der Waals surface area (Å²) in [6, 6.07) is 17.8. The van der Waals surface area contributed by atoms with Gasteiger partial charge in [-0.25, -0.2) is 0 Å². The maximum Gasteiger partial charge on any atom is 0.227 e. The van der Waals surface area contributed by atoms with Crippen molar-refractivity contribution in [1.29, 1.82) is 0 Å². The maximum atomic E-state index is 12.9. The molecule has 2 saturated heterocycles. The van der Waals surface area contributed by atoms with E-state index in [1.165, 1.54) is 0 Å². The van der Waals surface area contributed by atoms with Gasteiger partial charge in [0.2, 0.25) is 11.8 Å². The fraction of sp³-hybridized carbons (Fsp3) is 0.417. The molecular formula is C24H28N2O3. The lowest BCUT2D eigenvalue weighted by molar-refractivity contribution is -0.133. The summed E-state index contributed by atoms with van der Waals surface area (Å²) in [7, 11) is 0. The van der Waals surface area contributed by atoms with Crippen LogP contribution in [0.15, 0.2) is 54.6 Å². The molecule has 2 fully saturated rings. The predicted octanol–water partition coefficient (Wildman–Crippen LogP) is 2.79. The van der Waals surface area contributed by atoms with Gasteiger partial charge in [0.25, 0.3) is 0 Å². The fourth-order valence-electron chi connectivity index (χ4n) is 4.83. The average molecular weight is 392 g/mol. The minimum atomic E-state index is 0.0115. The number of rotatable bonds is 5. The van der Waals surface area contributed by atoms with Crippen molar-refractivity contribution < 1.29 is 14.7 Å². The Morgan fingerprint density at radius 2 is 1.62 bits per heavy atom. The number of benzene rings is 2. The highest BCUT2D eigenvalue weighted by molar-refractivity contribution is 5.80. The molecule has 0 unspecified atom stereocenters. The molecule has 2 heterocycles. The zero-order valence-electron chi connectivity index (χ0n) is 16.8. The Balaban J connectivity index is 1.48. The van der Waals surface area contributed by atoms with E-state index in [9.17, 15) is 9.59 Å². The van der Waals surface area contributed by atoms with Gasteiger partial charge in [-0.1, -0.05) is 61.5 Å². The number of likely N-dealkylation sites (tertiary alicyclic amines) is 2. The molecule has 29 heavy (non-hydrogen) atoms. The summed E-state index contributed by atoms with van der Waals surface area (Å²) in [6.07, 6.45) is 0.883. The third-order valence-corrected chi connectivity index (χ3v) is 6.34. The van der Waals surface area contributed by atoms with Crippen molar-refractivity contribution in [3.05, 3.63) is 71.3 Å². The molecule has 4 rings (SSSR count). The molecule has 5 nitrogen and oxygen atoms in total. The molecule has 5 heteroatoms. The standard InChI is InChI=1S/C24H28N2O3/c1-2-22(28)26-14-20-13-25(15-21(20)24(26)19-6-4-3-5-7-19)23(29)12-17-8-10-18(16-27)11-9-17/h3-11,20-21,24,27H,2,12-16H2,1H3/t20-,21-,24+/m0/s1. The first-order valence-electron chi connectivity index (χ1n) is 10.4. The highest BCUT2D eigenvalue weighted by Crippen LogP contribution is 2.45. The van der Waals surface area contributed by atoms with Gasteiger partial charge in [0, 0.05) is 37.9 Å². The van der Waals surface area contributed by atoms with Crippen molar-refractivity contribution in [3.63, 3.8) is 0 Å². The van der Waals surface area contributed by atoms with E-state index in [-0.39, 0.29) is 30.4 Å². The molecule has 0 spiro atoms. The van der Waals surface area contributed by atoms with Gasteiger partial charge in [0.15, 0.2) is 0 Å². The topological polar surface area (TPSA) is 60.9 Å². The number of carbonyl (C=O) groups is 2. The van der Waals surface area contributed by atoms with E-state index < -0.39 is 0 Å². The molecule has 2 amide bonds. The lowest BCUT2D eigenvalue weighted by Crippen LogP contribution is -2.37. The molecule has 3 atom stereocenters. The van der Waals surface area contributed by atoms with Gasteiger partial charge in [-0.2, -0.15) is 0 Å². The van der Waals surface area contributed by atoms with E-state index in [0.717, 1.165) is 29.8 Å². The molecule has 0 aromatic heterocycles. The second-order valence-corrected chi connectivity index (χ2v) is 8.13. The van der Waals surface area contributed by atoms with E-state index >= 15 is 0 Å². The summed E-state index contributed by atoms with van der Waals surface area (Å²) < 4.78 is 0. The number of aliphatic hydroxyl groups is 1. The van der Waals surface area contributed by atoms with Crippen molar-refractivity contribution in [2.24, 2.45) is 11.8 Å². The number of hydrogen-bond donors (Lipinski definition) is 1. The molecule has 152 valence electrons. The number of fused-ring (bicyclic) bond motifs is 1. The third-order valence-electron chi connectivity index (χ3n) is 6.34. The summed E-state index contributed by atoms with van der Waals surface area (Å²) >= 11 is 0. The van der Waals surface area contributed by atoms with Gasteiger partial charge in [-0.05, 0) is 16.7 Å². The first kappa shape index (κ1) is 19.6. The summed E-state index contributed by atoms with van der Waals surface area (Å²) in [5, 5.41) is 9.17. The largest absolute Gasteiger partial charge is 0.392 e. The van der Waals surface area contributed by atoms with Crippen LogP contribution in [0, 0.1) is 11.8 Å². The van der Waals surface area contributed by atoms with Crippen LogP contribution in [-0.2, 0) is 22.6 Å². The van der Waals surface area contributed by atoms with Gasteiger partial charge in [0.05, 0.1) is 19.1 Å². The first-order chi connectivity index (χ1) is 14.1. The van der Waals surface area contributed by atoms with Crippen LogP contribution in [0.3, 0.4) is 0 Å². The first-order valence-corrected chi connectivity index (χ1v) is 10.4. The van der Waals surface area contributed by atoms with E-state index in [2.05, 4.69) is 12.1 Å². The van der Waals surface area contributed by atoms with Crippen LogP contribution in [0.5, 0.6) is 0 Å². The third kappa shape index (κ3) is 3.92. The van der Waals surface area contributed by atoms with Crippen LogP contribution < -0.4 is 0 Å². The molecule has 0 bridgehead atoms. The summed E-state index contributed by atoms with van der Waals surface area (Å²) in [5.74, 6) is 0.941. The van der Waals surface area contributed by atoms with Crippen LogP contribution in [0.25, 0.3) is 0 Å². The Labute approximate surface area is 171 Å². The van der Waals surface area contributed by atoms with Crippen molar-refractivity contribution in [2.75, 3.05) is 19.6 Å². The summed E-state index contributed by atoms with van der Waals surface area (Å²) in [5.41, 5.74) is 2.98. The molecule has 2 aliphatic heterocycles.